The Kier molecular flexibility index (Phi) is 5.61. The molecular formula is C15H12IN3O3S. The molecule has 0 unspecified atom stereocenters. The van der Waals surface area contributed by atoms with Crippen molar-refractivity contribution in [3.63, 3.8) is 0 Å². The molecule has 1 amide bonds. The van der Waals surface area contributed by atoms with Gasteiger partial charge in [-0.2, -0.15) is 0 Å². The van der Waals surface area contributed by atoms with E-state index in [4.69, 9.17) is 12.2 Å². The van der Waals surface area contributed by atoms with Gasteiger partial charge in [-0.3, -0.25) is 20.2 Å². The monoisotopic (exact) mass is 441 g/mol. The average molecular weight is 441 g/mol. The molecule has 0 saturated heterocycles. The number of thiocarbonyl (C=S) groups is 1. The highest BCUT2D eigenvalue weighted by Gasteiger charge is 2.11. The Labute approximate surface area is 151 Å². The van der Waals surface area contributed by atoms with Crippen LogP contribution < -0.4 is 10.6 Å². The van der Waals surface area contributed by atoms with Gasteiger partial charge < -0.3 is 5.32 Å². The van der Waals surface area contributed by atoms with E-state index < -0.39 is 4.92 Å². The van der Waals surface area contributed by atoms with Crippen LogP contribution in [0.5, 0.6) is 0 Å². The van der Waals surface area contributed by atoms with Gasteiger partial charge in [-0.15, -0.1) is 0 Å². The molecule has 0 aliphatic heterocycles. The number of hydrogen-bond donors (Lipinski definition) is 2. The molecule has 0 aliphatic rings. The van der Waals surface area contributed by atoms with Gasteiger partial charge in [0.05, 0.1) is 4.92 Å². The summed E-state index contributed by atoms with van der Waals surface area (Å²) in [5.74, 6) is -0.319. The Morgan fingerprint density at radius 2 is 2.00 bits per heavy atom. The van der Waals surface area contributed by atoms with E-state index in [1.54, 1.807) is 31.2 Å². The number of hydrogen-bond acceptors (Lipinski definition) is 4. The van der Waals surface area contributed by atoms with Gasteiger partial charge in [0, 0.05) is 27.0 Å². The summed E-state index contributed by atoms with van der Waals surface area (Å²) in [5.41, 5.74) is 1.76. The minimum absolute atomic E-state index is 0.00173. The Morgan fingerprint density at radius 3 is 2.61 bits per heavy atom. The van der Waals surface area contributed by atoms with Crippen LogP contribution >= 0.6 is 34.8 Å². The SMILES string of the molecule is Cc1cc([N+](=O)[O-])ccc1NC(=S)NC(=O)c1cccc(I)c1. The molecule has 0 aliphatic carbocycles. The number of carbonyl (C=O) groups is 1. The number of aryl methyl sites for hydroxylation is 1. The molecule has 0 fully saturated rings. The summed E-state index contributed by atoms with van der Waals surface area (Å²) in [6.07, 6.45) is 0. The van der Waals surface area contributed by atoms with Crippen molar-refractivity contribution in [2.24, 2.45) is 0 Å². The Balaban J connectivity index is 2.05. The molecular weight excluding hydrogens is 429 g/mol. The van der Waals surface area contributed by atoms with Crippen LogP contribution in [0.4, 0.5) is 11.4 Å². The minimum atomic E-state index is -0.464. The summed E-state index contributed by atoms with van der Waals surface area (Å²) in [6, 6.07) is 11.5. The minimum Gasteiger partial charge on any atom is -0.332 e. The lowest BCUT2D eigenvalue weighted by Crippen LogP contribution is -2.34. The van der Waals surface area contributed by atoms with E-state index in [9.17, 15) is 14.9 Å². The average Bonchev–Trinajstić information content (AvgIpc) is 2.49. The second kappa shape index (κ2) is 7.47. The summed E-state index contributed by atoms with van der Waals surface area (Å²) in [7, 11) is 0. The fourth-order valence-corrected chi connectivity index (χ4v) is 2.61. The maximum absolute atomic E-state index is 12.1. The molecule has 2 rings (SSSR count). The quantitative estimate of drug-likeness (QED) is 0.329. The van der Waals surface area contributed by atoms with Crippen LogP contribution in [0.2, 0.25) is 0 Å². The molecule has 0 atom stereocenters. The molecule has 0 spiro atoms. The lowest BCUT2D eigenvalue weighted by Gasteiger charge is -2.11. The number of nitrogens with one attached hydrogen (secondary N) is 2. The number of non-ortho nitro benzene ring substituents is 1. The van der Waals surface area contributed by atoms with Gasteiger partial charge in [-0.1, -0.05) is 6.07 Å². The summed E-state index contributed by atoms with van der Waals surface area (Å²) < 4.78 is 0.945. The van der Waals surface area contributed by atoms with Gasteiger partial charge >= 0.3 is 0 Å². The second-order valence-electron chi connectivity index (χ2n) is 4.67. The molecule has 2 aromatic rings. The van der Waals surface area contributed by atoms with E-state index in [1.807, 2.05) is 6.07 Å². The molecule has 2 aromatic carbocycles. The highest BCUT2D eigenvalue weighted by molar-refractivity contribution is 14.1. The highest BCUT2D eigenvalue weighted by atomic mass is 127. The topological polar surface area (TPSA) is 84.3 Å². The van der Waals surface area contributed by atoms with Crippen molar-refractivity contribution >= 4 is 57.2 Å². The number of rotatable bonds is 3. The van der Waals surface area contributed by atoms with Crippen LogP contribution in [0.25, 0.3) is 0 Å². The molecule has 0 heterocycles. The van der Waals surface area contributed by atoms with Crippen LogP contribution in [-0.4, -0.2) is 15.9 Å². The van der Waals surface area contributed by atoms with E-state index in [1.165, 1.54) is 12.1 Å². The first-order valence-corrected chi connectivity index (χ1v) is 7.98. The van der Waals surface area contributed by atoms with Gasteiger partial charge in [0.15, 0.2) is 5.11 Å². The number of nitro groups is 1. The number of carbonyl (C=O) groups excluding carboxylic acids is 1. The van der Waals surface area contributed by atoms with Crippen LogP contribution in [-0.2, 0) is 0 Å². The first-order valence-electron chi connectivity index (χ1n) is 6.50. The normalized spacial score (nSPS) is 10.0. The zero-order valence-electron chi connectivity index (χ0n) is 12.0. The zero-order chi connectivity index (χ0) is 17.0. The Bertz CT molecular complexity index is 795. The maximum Gasteiger partial charge on any atom is 0.269 e. The predicted molar refractivity (Wildman–Crippen MR) is 101 cm³/mol. The number of nitrogens with zero attached hydrogens (tertiary/aromatic N) is 1. The Morgan fingerprint density at radius 1 is 1.26 bits per heavy atom. The lowest BCUT2D eigenvalue weighted by atomic mass is 10.2. The van der Waals surface area contributed by atoms with Gasteiger partial charge in [-0.05, 0) is 71.6 Å². The van der Waals surface area contributed by atoms with Crippen LogP contribution in [0.15, 0.2) is 42.5 Å². The van der Waals surface area contributed by atoms with Crippen molar-refractivity contribution in [3.05, 3.63) is 67.3 Å². The number of anilines is 1. The molecule has 8 heteroatoms. The van der Waals surface area contributed by atoms with Crippen molar-refractivity contribution < 1.29 is 9.72 Å². The van der Waals surface area contributed by atoms with Crippen molar-refractivity contribution in [3.8, 4) is 0 Å². The number of benzene rings is 2. The number of amides is 1. The van der Waals surface area contributed by atoms with Crippen molar-refractivity contribution in [2.45, 2.75) is 6.92 Å². The molecule has 2 N–H and O–H groups in total. The van der Waals surface area contributed by atoms with E-state index in [0.717, 1.165) is 3.57 Å². The predicted octanol–water partition coefficient (Wildman–Crippen LogP) is 3.63. The molecule has 0 radical (unpaired) electrons. The maximum atomic E-state index is 12.1. The standard InChI is InChI=1S/C15H12IN3O3S/c1-9-7-12(19(21)22)5-6-13(9)17-15(23)18-14(20)10-3-2-4-11(16)8-10/h2-8H,1H3,(H2,17,18,20,23). The van der Waals surface area contributed by atoms with E-state index in [-0.39, 0.29) is 16.7 Å². The number of nitro benzene ring substituents is 1. The van der Waals surface area contributed by atoms with Gasteiger partial charge in [0.2, 0.25) is 0 Å². The highest BCUT2D eigenvalue weighted by Crippen LogP contribution is 2.21. The molecule has 23 heavy (non-hydrogen) atoms. The summed E-state index contributed by atoms with van der Waals surface area (Å²) in [5, 5.41) is 16.3. The van der Waals surface area contributed by atoms with Crippen molar-refractivity contribution in [1.29, 1.82) is 0 Å². The molecule has 0 aromatic heterocycles. The third-order valence-electron chi connectivity index (χ3n) is 2.98. The van der Waals surface area contributed by atoms with E-state index >= 15 is 0 Å². The first-order chi connectivity index (χ1) is 10.9. The van der Waals surface area contributed by atoms with Gasteiger partial charge in [0.1, 0.15) is 0 Å². The van der Waals surface area contributed by atoms with E-state index in [0.29, 0.717) is 16.8 Å². The Hall–Kier alpha value is -2.07. The molecule has 0 bridgehead atoms. The van der Waals surface area contributed by atoms with Crippen LogP contribution in [0.3, 0.4) is 0 Å². The largest absolute Gasteiger partial charge is 0.332 e. The van der Waals surface area contributed by atoms with Crippen LogP contribution in [0.1, 0.15) is 15.9 Å². The smallest absolute Gasteiger partial charge is 0.269 e. The van der Waals surface area contributed by atoms with Crippen molar-refractivity contribution in [2.75, 3.05) is 5.32 Å². The second-order valence-corrected chi connectivity index (χ2v) is 6.33. The van der Waals surface area contributed by atoms with Gasteiger partial charge in [-0.25, -0.2) is 0 Å². The number of halogens is 1. The summed E-state index contributed by atoms with van der Waals surface area (Å²) in [4.78, 5) is 22.3. The molecule has 6 nitrogen and oxygen atoms in total. The fraction of sp³-hybridized carbons (Fsp3) is 0.0667. The third-order valence-corrected chi connectivity index (χ3v) is 3.86. The molecule has 0 saturated carbocycles. The molecule has 118 valence electrons. The first kappa shape index (κ1) is 17.3. The lowest BCUT2D eigenvalue weighted by molar-refractivity contribution is -0.384. The third kappa shape index (κ3) is 4.70. The van der Waals surface area contributed by atoms with E-state index in [2.05, 4.69) is 33.2 Å². The van der Waals surface area contributed by atoms with Crippen molar-refractivity contribution in [1.82, 2.24) is 5.32 Å². The summed E-state index contributed by atoms with van der Waals surface area (Å²) >= 11 is 7.23. The van der Waals surface area contributed by atoms with Crippen LogP contribution in [0, 0.1) is 20.6 Å². The zero-order valence-corrected chi connectivity index (χ0v) is 15.0. The fourth-order valence-electron chi connectivity index (χ4n) is 1.86. The summed E-state index contributed by atoms with van der Waals surface area (Å²) in [6.45, 7) is 1.72. The van der Waals surface area contributed by atoms with Gasteiger partial charge in [0.25, 0.3) is 11.6 Å².